The number of amides is 1. The average molecular weight is 438 g/mol. The van der Waals surface area contributed by atoms with Crippen molar-refractivity contribution < 1.29 is 23.9 Å². The number of benzene rings is 1. The Morgan fingerprint density at radius 2 is 1.94 bits per heavy atom. The number of aryl methyl sites for hydroxylation is 1. The minimum atomic E-state index is -1.02. The molecular weight excluding hydrogens is 411 g/mol. The van der Waals surface area contributed by atoms with Gasteiger partial charge in [0.2, 0.25) is 11.6 Å². The lowest BCUT2D eigenvalue weighted by molar-refractivity contribution is -0.117. The zero-order chi connectivity index (χ0) is 23.8. The van der Waals surface area contributed by atoms with Gasteiger partial charge in [-0.2, -0.15) is 0 Å². The van der Waals surface area contributed by atoms with Gasteiger partial charge in [-0.3, -0.25) is 14.4 Å². The van der Waals surface area contributed by atoms with Gasteiger partial charge in [-0.1, -0.05) is 5.92 Å². The Morgan fingerprint density at radius 3 is 2.47 bits per heavy atom. The van der Waals surface area contributed by atoms with Gasteiger partial charge in [-0.25, -0.2) is 4.39 Å². The van der Waals surface area contributed by atoms with Crippen molar-refractivity contribution in [3.63, 3.8) is 0 Å². The summed E-state index contributed by atoms with van der Waals surface area (Å²) >= 11 is 0. The lowest BCUT2D eigenvalue weighted by Crippen LogP contribution is -2.32. The van der Waals surface area contributed by atoms with Crippen molar-refractivity contribution in [2.75, 3.05) is 11.9 Å². The monoisotopic (exact) mass is 438 g/mol. The van der Waals surface area contributed by atoms with Crippen LogP contribution in [0.2, 0.25) is 0 Å². The van der Waals surface area contributed by atoms with Gasteiger partial charge in [0.25, 0.3) is 5.91 Å². The van der Waals surface area contributed by atoms with E-state index in [0.29, 0.717) is 22.5 Å². The molecule has 1 saturated carbocycles. The fourth-order valence-corrected chi connectivity index (χ4v) is 4.23. The maximum absolute atomic E-state index is 13.5. The Hall–Kier alpha value is -3.24. The maximum Gasteiger partial charge on any atom is 0.272 e. The van der Waals surface area contributed by atoms with Crippen molar-refractivity contribution in [2.45, 2.75) is 40.0 Å². The minimum Gasteiger partial charge on any atom is -0.395 e. The number of halogens is 1. The summed E-state index contributed by atoms with van der Waals surface area (Å²) in [6.07, 6.45) is 7.03. The molecule has 2 N–H and O–H groups in total. The maximum atomic E-state index is 13.5. The summed E-state index contributed by atoms with van der Waals surface area (Å²) in [6.45, 7) is 4.51. The second-order valence-corrected chi connectivity index (χ2v) is 8.57. The van der Waals surface area contributed by atoms with Gasteiger partial charge in [-0.05, 0) is 68.9 Å². The number of aliphatic hydroxyl groups is 1. The molecule has 3 rings (SSSR count). The van der Waals surface area contributed by atoms with E-state index in [2.05, 4.69) is 11.2 Å². The third-order valence-corrected chi connectivity index (χ3v) is 6.45. The fraction of sp³-hybridized carbons (Fsp3) is 0.400. The molecule has 0 bridgehead atoms. The molecule has 6 nitrogen and oxygen atoms in total. The molecule has 0 radical (unpaired) electrons. The van der Waals surface area contributed by atoms with Crippen LogP contribution >= 0.6 is 0 Å². The first-order valence-electron chi connectivity index (χ1n) is 10.5. The molecule has 0 aliphatic heterocycles. The number of ketones is 2. The van der Waals surface area contributed by atoms with E-state index >= 15 is 0 Å². The number of aliphatic hydroxyl groups excluding tert-OH is 1. The highest BCUT2D eigenvalue weighted by molar-refractivity contribution is 6.44. The molecule has 0 spiro atoms. The molecule has 32 heavy (non-hydrogen) atoms. The number of nitrogens with one attached hydrogen (secondary N) is 1. The molecule has 2 aromatic rings. The highest BCUT2D eigenvalue weighted by Crippen LogP contribution is 2.47. The largest absolute Gasteiger partial charge is 0.395 e. The van der Waals surface area contributed by atoms with Crippen LogP contribution < -0.4 is 5.32 Å². The molecule has 1 fully saturated rings. The predicted molar refractivity (Wildman–Crippen MR) is 119 cm³/mol. The van der Waals surface area contributed by atoms with Crippen LogP contribution in [-0.4, -0.2) is 33.8 Å². The van der Waals surface area contributed by atoms with Crippen LogP contribution in [0.4, 0.5) is 10.1 Å². The van der Waals surface area contributed by atoms with Gasteiger partial charge >= 0.3 is 0 Å². The number of anilines is 1. The van der Waals surface area contributed by atoms with Gasteiger partial charge in [0.1, 0.15) is 11.5 Å². The molecule has 168 valence electrons. The zero-order valence-corrected chi connectivity index (χ0v) is 18.7. The summed E-state index contributed by atoms with van der Waals surface area (Å²) in [4.78, 5) is 38.9. The van der Waals surface area contributed by atoms with Gasteiger partial charge in [0.15, 0.2) is 0 Å². The summed E-state index contributed by atoms with van der Waals surface area (Å²) < 4.78 is 15.1. The number of terminal acetylenes is 1. The number of nitrogens with zero attached hydrogens (tertiary/aromatic N) is 1. The molecule has 0 saturated heterocycles. The number of carbonyl (C=O) groups is 3. The van der Waals surface area contributed by atoms with Gasteiger partial charge in [-0.15, -0.1) is 6.42 Å². The summed E-state index contributed by atoms with van der Waals surface area (Å²) in [5.41, 5.74) is 1.03. The molecule has 1 unspecified atom stereocenters. The van der Waals surface area contributed by atoms with E-state index in [1.165, 1.54) is 18.2 Å². The van der Waals surface area contributed by atoms with E-state index in [1.54, 1.807) is 32.4 Å². The molecule has 1 aliphatic rings. The second-order valence-electron chi connectivity index (χ2n) is 8.57. The number of carbonyl (C=O) groups excluding carboxylic acids is 3. The van der Waals surface area contributed by atoms with Crippen LogP contribution in [0.15, 0.2) is 18.2 Å². The smallest absolute Gasteiger partial charge is 0.272 e. The molecular formula is C25H27FN2O4. The van der Waals surface area contributed by atoms with Crippen molar-refractivity contribution in [3.8, 4) is 12.3 Å². The first-order chi connectivity index (χ1) is 15.1. The SMILES string of the molecule is C#CC(CO)(CC(=O)C(=O)c1c(C)c(C(=O)Nc2ccc(F)c(C)c2)n(C)c1C)C1CC1. The lowest BCUT2D eigenvalue weighted by atomic mass is 9.78. The Labute approximate surface area is 186 Å². The third kappa shape index (κ3) is 4.11. The zero-order valence-electron chi connectivity index (χ0n) is 18.7. The van der Waals surface area contributed by atoms with Crippen LogP contribution in [-0.2, 0) is 11.8 Å². The van der Waals surface area contributed by atoms with Crippen LogP contribution in [0.25, 0.3) is 0 Å². The third-order valence-electron chi connectivity index (χ3n) is 6.45. The summed E-state index contributed by atoms with van der Waals surface area (Å²) in [7, 11) is 1.64. The first kappa shape index (κ1) is 23.4. The molecule has 1 amide bonds. The topological polar surface area (TPSA) is 88.4 Å². The molecule has 7 heteroatoms. The van der Waals surface area contributed by atoms with Crippen molar-refractivity contribution in [2.24, 2.45) is 18.4 Å². The van der Waals surface area contributed by atoms with Gasteiger partial charge in [0, 0.05) is 24.8 Å². The van der Waals surface area contributed by atoms with Crippen molar-refractivity contribution in [3.05, 3.63) is 52.1 Å². The highest BCUT2D eigenvalue weighted by Gasteiger charge is 2.46. The number of aromatic nitrogens is 1. The standard InChI is InChI=1S/C25H27FN2O4/c1-6-25(13-29,17-7-8-17)12-20(30)23(31)21-15(3)22(28(5)16(21)4)24(32)27-18-9-10-19(26)14(2)11-18/h1,9-11,17,29H,7-8,12-13H2,2-5H3,(H,27,32). The van der Waals surface area contributed by atoms with Crippen molar-refractivity contribution in [1.29, 1.82) is 0 Å². The molecule has 1 aromatic heterocycles. The Morgan fingerprint density at radius 1 is 1.28 bits per heavy atom. The van der Waals surface area contributed by atoms with Crippen molar-refractivity contribution >= 4 is 23.2 Å². The first-order valence-corrected chi connectivity index (χ1v) is 10.5. The van der Waals surface area contributed by atoms with E-state index in [9.17, 15) is 23.9 Å². The summed E-state index contributed by atoms with van der Waals surface area (Å²) in [5.74, 6) is 0.327. The van der Waals surface area contributed by atoms with E-state index in [1.807, 2.05) is 0 Å². The number of hydrogen-bond donors (Lipinski definition) is 2. The normalized spacial score (nSPS) is 15.0. The molecule has 1 aromatic carbocycles. The molecule has 1 heterocycles. The van der Waals surface area contributed by atoms with Gasteiger partial charge in [0.05, 0.1) is 17.6 Å². The van der Waals surface area contributed by atoms with E-state index in [4.69, 9.17) is 6.42 Å². The fourth-order valence-electron chi connectivity index (χ4n) is 4.23. The molecule has 1 atom stereocenters. The Kier molecular flexibility index (Phi) is 6.38. The van der Waals surface area contributed by atoms with Crippen molar-refractivity contribution in [1.82, 2.24) is 4.57 Å². The number of hydrogen-bond acceptors (Lipinski definition) is 4. The van der Waals surface area contributed by atoms with Crippen LogP contribution in [0, 0.1) is 50.3 Å². The Balaban J connectivity index is 1.88. The van der Waals surface area contributed by atoms with Crippen LogP contribution in [0.5, 0.6) is 0 Å². The highest BCUT2D eigenvalue weighted by atomic mass is 19.1. The van der Waals surface area contributed by atoms with Crippen LogP contribution in [0.1, 0.15) is 56.9 Å². The summed E-state index contributed by atoms with van der Waals surface area (Å²) in [6, 6.07) is 4.23. The number of rotatable bonds is 8. The van der Waals surface area contributed by atoms with E-state index < -0.39 is 22.9 Å². The number of Topliss-reactive ketones (excluding diaryl/α,β-unsaturated/α-hetero) is 2. The predicted octanol–water partition coefficient (Wildman–Crippen LogP) is 3.51. The van der Waals surface area contributed by atoms with Crippen LogP contribution in [0.3, 0.4) is 0 Å². The summed E-state index contributed by atoms with van der Waals surface area (Å²) in [5, 5.41) is 12.5. The quantitative estimate of drug-likeness (QED) is 0.375. The Bertz CT molecular complexity index is 1150. The average Bonchev–Trinajstić information content (AvgIpc) is 3.57. The minimum absolute atomic E-state index is 0.0349. The van der Waals surface area contributed by atoms with Gasteiger partial charge < -0.3 is 15.0 Å². The van der Waals surface area contributed by atoms with E-state index in [-0.39, 0.29) is 36.0 Å². The van der Waals surface area contributed by atoms with E-state index in [0.717, 1.165) is 12.8 Å². The molecule has 1 aliphatic carbocycles. The lowest BCUT2D eigenvalue weighted by Gasteiger charge is -2.24. The second kappa shape index (κ2) is 8.71.